The van der Waals surface area contributed by atoms with Crippen molar-refractivity contribution in [3.8, 4) is 17.1 Å². The molecule has 156 valence electrons. The molecule has 0 saturated carbocycles. The lowest BCUT2D eigenvalue weighted by Crippen LogP contribution is -2.40. The van der Waals surface area contributed by atoms with Gasteiger partial charge in [0.15, 0.2) is 0 Å². The third kappa shape index (κ3) is 3.80. The van der Waals surface area contributed by atoms with Gasteiger partial charge in [0.05, 0.1) is 18.7 Å². The van der Waals surface area contributed by atoms with Gasteiger partial charge in [-0.25, -0.2) is 9.97 Å². The predicted molar refractivity (Wildman–Crippen MR) is 121 cm³/mol. The van der Waals surface area contributed by atoms with E-state index in [1.165, 1.54) is 0 Å². The smallest absolute Gasteiger partial charge is 0.254 e. The molecule has 0 aliphatic carbocycles. The predicted octanol–water partition coefficient (Wildman–Crippen LogP) is 3.68. The number of rotatable bonds is 4. The first kappa shape index (κ1) is 19.7. The third-order valence-corrected chi connectivity index (χ3v) is 6.01. The molecule has 1 fully saturated rings. The molecule has 4 aromatic rings. The lowest BCUT2D eigenvalue weighted by Gasteiger charge is -2.26. The fourth-order valence-corrected chi connectivity index (χ4v) is 4.24. The molecule has 0 N–H and O–H groups in total. The molecule has 1 amide bonds. The fraction of sp³-hybridized carbons (Fsp3) is 0.217. The Balaban J connectivity index is 1.54. The maximum atomic E-state index is 13.0. The summed E-state index contributed by atoms with van der Waals surface area (Å²) in [5.74, 6) is 0.477. The Bertz CT molecular complexity index is 1220. The van der Waals surface area contributed by atoms with Crippen molar-refractivity contribution in [1.29, 1.82) is 0 Å². The van der Waals surface area contributed by atoms with Crippen molar-refractivity contribution in [1.82, 2.24) is 24.6 Å². The summed E-state index contributed by atoms with van der Waals surface area (Å²) in [4.78, 5) is 23.9. The van der Waals surface area contributed by atoms with Crippen LogP contribution in [0.15, 0.2) is 66.0 Å². The average Bonchev–Trinajstić information content (AvgIpc) is 3.23. The summed E-state index contributed by atoms with van der Waals surface area (Å²) in [6, 6.07) is 15.7. The first-order valence-electron chi connectivity index (χ1n) is 10.1. The van der Waals surface area contributed by atoms with Gasteiger partial charge in [0.2, 0.25) is 0 Å². The maximum Gasteiger partial charge on any atom is 0.254 e. The van der Waals surface area contributed by atoms with Gasteiger partial charge >= 0.3 is 0 Å². The van der Waals surface area contributed by atoms with E-state index in [9.17, 15) is 4.79 Å². The number of hydrogen-bond donors (Lipinski definition) is 0. The molecule has 1 saturated heterocycles. The molecule has 7 nitrogen and oxygen atoms in total. The fourth-order valence-electron chi connectivity index (χ4n) is 3.68. The minimum Gasteiger partial charge on any atom is -0.378 e. The molecule has 5 rings (SSSR count). The van der Waals surface area contributed by atoms with Gasteiger partial charge in [-0.3, -0.25) is 4.79 Å². The summed E-state index contributed by atoms with van der Waals surface area (Å²) in [5.41, 5.74) is 3.44. The van der Waals surface area contributed by atoms with Crippen molar-refractivity contribution in [2.45, 2.75) is 5.03 Å². The Kier molecular flexibility index (Phi) is 5.40. The van der Waals surface area contributed by atoms with Crippen LogP contribution in [0.1, 0.15) is 10.4 Å². The van der Waals surface area contributed by atoms with Crippen LogP contribution < -0.4 is 0 Å². The number of ether oxygens (including phenoxy) is 1. The molecular weight excluding hydrogens is 410 g/mol. The van der Waals surface area contributed by atoms with E-state index >= 15 is 0 Å². The molecule has 2 aromatic heterocycles. The molecule has 31 heavy (non-hydrogen) atoms. The summed E-state index contributed by atoms with van der Waals surface area (Å²) in [6.07, 6.45) is 5.58. The van der Waals surface area contributed by atoms with E-state index < -0.39 is 0 Å². The quantitative estimate of drug-likeness (QED) is 0.459. The highest BCUT2D eigenvalue weighted by molar-refractivity contribution is 7.98. The zero-order valence-electron chi connectivity index (χ0n) is 17.1. The number of hydrogen-bond acceptors (Lipinski definition) is 6. The number of benzene rings is 2. The van der Waals surface area contributed by atoms with Crippen LogP contribution in [-0.4, -0.2) is 63.1 Å². The molecule has 0 bridgehead atoms. The first-order chi connectivity index (χ1) is 15.2. The van der Waals surface area contributed by atoms with E-state index in [4.69, 9.17) is 9.84 Å². The average molecular weight is 432 g/mol. The maximum absolute atomic E-state index is 13.0. The zero-order chi connectivity index (χ0) is 21.2. The highest BCUT2D eigenvalue weighted by Gasteiger charge is 2.21. The van der Waals surface area contributed by atoms with E-state index in [0.717, 1.165) is 27.1 Å². The second-order valence-corrected chi connectivity index (χ2v) is 7.99. The second-order valence-electron chi connectivity index (χ2n) is 7.20. The summed E-state index contributed by atoms with van der Waals surface area (Å²) < 4.78 is 7.08. The van der Waals surface area contributed by atoms with Gasteiger partial charge in [0.25, 0.3) is 11.9 Å². The Morgan fingerprint density at radius 2 is 1.74 bits per heavy atom. The minimum absolute atomic E-state index is 0.00370. The second kappa shape index (κ2) is 8.49. The van der Waals surface area contributed by atoms with Crippen LogP contribution >= 0.6 is 11.8 Å². The molecule has 1 aliphatic rings. The summed E-state index contributed by atoms with van der Waals surface area (Å²) in [7, 11) is 0. The molecule has 2 aromatic carbocycles. The highest BCUT2D eigenvalue weighted by atomic mass is 32.2. The van der Waals surface area contributed by atoms with Gasteiger partial charge in [-0.15, -0.1) is 11.8 Å². The van der Waals surface area contributed by atoms with E-state index in [0.29, 0.717) is 37.8 Å². The van der Waals surface area contributed by atoms with Gasteiger partial charge in [-0.2, -0.15) is 9.78 Å². The topological polar surface area (TPSA) is 73.1 Å². The van der Waals surface area contributed by atoms with Crippen LogP contribution in [-0.2, 0) is 4.74 Å². The van der Waals surface area contributed by atoms with Gasteiger partial charge in [0.1, 0.15) is 5.03 Å². The number of thioether (sulfide) groups is 1. The monoisotopic (exact) mass is 431 g/mol. The van der Waals surface area contributed by atoms with E-state index in [-0.39, 0.29) is 5.91 Å². The molecule has 1 aliphatic heterocycles. The van der Waals surface area contributed by atoms with Crippen LogP contribution in [0.2, 0.25) is 0 Å². The molecule has 0 radical (unpaired) electrons. The molecule has 0 unspecified atom stereocenters. The van der Waals surface area contributed by atoms with E-state index in [1.807, 2.05) is 59.7 Å². The minimum atomic E-state index is 0.00370. The Morgan fingerprint density at radius 1 is 1.00 bits per heavy atom. The number of aromatic nitrogens is 4. The molecular formula is C23H21N5O2S. The van der Waals surface area contributed by atoms with Gasteiger partial charge in [-0.05, 0) is 30.0 Å². The summed E-state index contributed by atoms with van der Waals surface area (Å²) in [6.45, 7) is 2.36. The van der Waals surface area contributed by atoms with Crippen LogP contribution in [0, 0.1) is 0 Å². The van der Waals surface area contributed by atoms with E-state index in [2.05, 4.69) is 9.97 Å². The lowest BCUT2D eigenvalue weighted by molar-refractivity contribution is 0.0303. The SMILES string of the molecule is CSc1nn(-c2ncc(-c3ccccc3)cn2)c2cc(C(=O)N3CCOCC3)ccc12. The van der Waals surface area contributed by atoms with Crippen molar-refractivity contribution in [3.63, 3.8) is 0 Å². The van der Waals surface area contributed by atoms with Gasteiger partial charge < -0.3 is 9.64 Å². The normalized spacial score (nSPS) is 14.2. The van der Waals surface area contributed by atoms with Crippen molar-refractivity contribution < 1.29 is 9.53 Å². The summed E-state index contributed by atoms with van der Waals surface area (Å²) >= 11 is 1.56. The van der Waals surface area contributed by atoms with Crippen molar-refractivity contribution >= 4 is 28.6 Å². The largest absolute Gasteiger partial charge is 0.378 e. The number of nitrogens with zero attached hydrogens (tertiary/aromatic N) is 5. The van der Waals surface area contributed by atoms with Crippen LogP contribution in [0.5, 0.6) is 0 Å². The Labute approximate surface area is 184 Å². The van der Waals surface area contributed by atoms with E-state index in [1.54, 1.807) is 28.8 Å². The standard InChI is InChI=1S/C23H21N5O2S/c1-31-21-19-8-7-17(22(29)27-9-11-30-12-10-27)13-20(19)28(26-21)23-24-14-18(15-25-23)16-5-3-2-4-6-16/h2-8,13-15H,9-12H2,1H3. The van der Waals surface area contributed by atoms with Crippen LogP contribution in [0.3, 0.4) is 0 Å². The highest BCUT2D eigenvalue weighted by Crippen LogP contribution is 2.29. The van der Waals surface area contributed by atoms with Crippen LogP contribution in [0.25, 0.3) is 28.0 Å². The van der Waals surface area contributed by atoms with Crippen molar-refractivity contribution in [2.75, 3.05) is 32.6 Å². The van der Waals surface area contributed by atoms with Crippen molar-refractivity contribution in [3.05, 3.63) is 66.5 Å². The first-order valence-corrected chi connectivity index (χ1v) is 11.3. The third-order valence-electron chi connectivity index (χ3n) is 5.32. The Morgan fingerprint density at radius 3 is 2.45 bits per heavy atom. The molecule has 3 heterocycles. The number of carbonyl (C=O) groups excluding carboxylic acids is 1. The van der Waals surface area contributed by atoms with Crippen molar-refractivity contribution in [2.24, 2.45) is 0 Å². The Hall–Kier alpha value is -3.23. The van der Waals surface area contributed by atoms with Gasteiger partial charge in [0, 0.05) is 42.0 Å². The van der Waals surface area contributed by atoms with Gasteiger partial charge in [-0.1, -0.05) is 30.3 Å². The van der Waals surface area contributed by atoms with Crippen LogP contribution in [0.4, 0.5) is 0 Å². The number of amides is 1. The number of morpholine rings is 1. The summed E-state index contributed by atoms with van der Waals surface area (Å²) in [5, 5.41) is 6.55. The molecule has 0 atom stereocenters. The lowest BCUT2D eigenvalue weighted by atomic mass is 10.1. The number of carbonyl (C=O) groups is 1. The molecule has 0 spiro atoms. The zero-order valence-corrected chi connectivity index (χ0v) is 17.9. The molecule has 8 heteroatoms. The number of fused-ring (bicyclic) bond motifs is 1.